The molecule has 0 bridgehead atoms. The van der Waals surface area contributed by atoms with Crippen LogP contribution in [-0.2, 0) is 13.1 Å². The van der Waals surface area contributed by atoms with Crippen molar-refractivity contribution in [2.24, 2.45) is 5.41 Å². The zero-order chi connectivity index (χ0) is 14.3. The van der Waals surface area contributed by atoms with Crippen molar-refractivity contribution in [2.45, 2.75) is 66.0 Å². The van der Waals surface area contributed by atoms with Crippen molar-refractivity contribution < 1.29 is 0 Å². The topological polar surface area (TPSA) is 26.9 Å². The first-order chi connectivity index (χ1) is 9.12. The van der Waals surface area contributed by atoms with Gasteiger partial charge < -0.3 is 0 Å². The first kappa shape index (κ1) is 16.5. The molecule has 110 valence electrons. The van der Waals surface area contributed by atoms with Gasteiger partial charge in [-0.05, 0) is 24.7 Å². The van der Waals surface area contributed by atoms with Crippen LogP contribution in [0, 0.1) is 5.41 Å². The lowest BCUT2D eigenvalue weighted by Crippen LogP contribution is -2.34. The summed E-state index contributed by atoms with van der Waals surface area (Å²) in [7, 11) is 0. The fourth-order valence-electron chi connectivity index (χ4n) is 2.87. The molecular formula is C15H27BrN2O. The van der Waals surface area contributed by atoms with Crippen LogP contribution < -0.4 is 5.69 Å². The normalized spacial score (nSPS) is 12.0. The molecule has 3 nitrogen and oxygen atoms in total. The third kappa shape index (κ3) is 4.23. The molecule has 0 spiro atoms. The Labute approximate surface area is 125 Å². The van der Waals surface area contributed by atoms with Gasteiger partial charge in [0.15, 0.2) is 0 Å². The first-order valence-corrected chi connectivity index (χ1v) is 8.56. The Morgan fingerprint density at radius 3 is 2.11 bits per heavy atom. The minimum absolute atomic E-state index is 0.138. The molecule has 19 heavy (non-hydrogen) atoms. The van der Waals surface area contributed by atoms with Crippen LogP contribution in [0.2, 0.25) is 0 Å². The largest absolute Gasteiger partial charge is 0.328 e. The van der Waals surface area contributed by atoms with Gasteiger partial charge in [-0.3, -0.25) is 9.13 Å². The highest BCUT2D eigenvalue weighted by Crippen LogP contribution is 2.33. The van der Waals surface area contributed by atoms with E-state index < -0.39 is 0 Å². The van der Waals surface area contributed by atoms with E-state index in [9.17, 15) is 4.79 Å². The summed E-state index contributed by atoms with van der Waals surface area (Å²) in [5.41, 5.74) is 0.352. The first-order valence-electron chi connectivity index (χ1n) is 7.44. The van der Waals surface area contributed by atoms with Gasteiger partial charge in [0, 0.05) is 30.8 Å². The molecule has 0 aliphatic rings. The van der Waals surface area contributed by atoms with E-state index in [0.29, 0.717) is 0 Å². The van der Waals surface area contributed by atoms with Crippen molar-refractivity contribution in [3.05, 3.63) is 22.9 Å². The highest BCUT2D eigenvalue weighted by molar-refractivity contribution is 9.09. The van der Waals surface area contributed by atoms with Crippen molar-refractivity contribution in [3.8, 4) is 0 Å². The molecule has 1 aromatic rings. The number of aryl methyl sites for hydroxylation is 1. The summed E-state index contributed by atoms with van der Waals surface area (Å²) in [6, 6.07) is 0. The highest BCUT2D eigenvalue weighted by Gasteiger charge is 2.28. The number of hydrogen-bond acceptors (Lipinski definition) is 1. The summed E-state index contributed by atoms with van der Waals surface area (Å²) in [6.07, 6.45) is 9.52. The summed E-state index contributed by atoms with van der Waals surface area (Å²) in [6.45, 7) is 8.18. The maximum absolute atomic E-state index is 12.3. The number of nitrogens with zero attached hydrogens (tertiary/aromatic N) is 2. The molecule has 0 unspecified atom stereocenters. The van der Waals surface area contributed by atoms with Crippen molar-refractivity contribution in [1.29, 1.82) is 0 Å². The van der Waals surface area contributed by atoms with E-state index >= 15 is 0 Å². The molecule has 1 aromatic heterocycles. The second-order valence-corrected chi connectivity index (χ2v) is 6.10. The predicted octanol–water partition coefficient (Wildman–Crippen LogP) is 4.04. The van der Waals surface area contributed by atoms with Crippen LogP contribution in [0.3, 0.4) is 0 Å². The van der Waals surface area contributed by atoms with Gasteiger partial charge >= 0.3 is 5.69 Å². The molecule has 0 radical (unpaired) electrons. The Bertz CT molecular complexity index is 416. The van der Waals surface area contributed by atoms with Crippen LogP contribution in [0.1, 0.15) is 52.9 Å². The number of hydrogen-bond donors (Lipinski definition) is 0. The van der Waals surface area contributed by atoms with E-state index in [1.807, 2.05) is 21.5 Å². The number of rotatable bonds is 9. The number of halogens is 1. The quantitative estimate of drug-likeness (QED) is 0.627. The van der Waals surface area contributed by atoms with Crippen LogP contribution >= 0.6 is 15.9 Å². The monoisotopic (exact) mass is 330 g/mol. The minimum atomic E-state index is 0.138. The van der Waals surface area contributed by atoms with Gasteiger partial charge in [-0.15, -0.1) is 0 Å². The molecule has 0 fully saturated rings. The van der Waals surface area contributed by atoms with Crippen molar-refractivity contribution in [3.63, 3.8) is 0 Å². The van der Waals surface area contributed by atoms with E-state index in [0.717, 1.165) is 50.5 Å². The molecule has 1 heterocycles. The SMILES string of the molecule is CCCn1ccn(CC(CBr)(CCC)CCC)c1=O. The highest BCUT2D eigenvalue weighted by atomic mass is 79.9. The Kier molecular flexibility index (Phi) is 6.90. The Morgan fingerprint density at radius 1 is 1.05 bits per heavy atom. The Morgan fingerprint density at radius 2 is 1.63 bits per heavy atom. The standard InChI is InChI=1S/C15H27BrN2O/c1-4-7-15(12-16,8-5-2)13-18-11-10-17(9-6-3)14(18)19/h10-11H,4-9,12-13H2,1-3H3. The van der Waals surface area contributed by atoms with Gasteiger partial charge in [0.2, 0.25) is 0 Å². The van der Waals surface area contributed by atoms with Crippen LogP contribution in [0.25, 0.3) is 0 Å². The Balaban J connectivity index is 2.92. The summed E-state index contributed by atoms with van der Waals surface area (Å²) in [4.78, 5) is 12.3. The van der Waals surface area contributed by atoms with E-state index in [2.05, 4.69) is 36.7 Å². The Hall–Kier alpha value is -0.510. The van der Waals surface area contributed by atoms with Gasteiger partial charge in [0.25, 0.3) is 0 Å². The molecule has 0 amide bonds. The third-order valence-corrected chi connectivity index (χ3v) is 4.92. The lowest BCUT2D eigenvalue weighted by Gasteiger charge is -2.31. The van der Waals surface area contributed by atoms with Gasteiger partial charge in [-0.2, -0.15) is 0 Å². The van der Waals surface area contributed by atoms with Crippen molar-refractivity contribution in [1.82, 2.24) is 9.13 Å². The fraction of sp³-hybridized carbons (Fsp3) is 0.800. The van der Waals surface area contributed by atoms with Gasteiger partial charge in [-0.25, -0.2) is 4.79 Å². The summed E-state index contributed by atoms with van der Waals surface area (Å²) >= 11 is 3.67. The maximum Gasteiger partial charge on any atom is 0.328 e. The van der Waals surface area contributed by atoms with Crippen LogP contribution in [0.4, 0.5) is 0 Å². The second-order valence-electron chi connectivity index (χ2n) is 5.54. The lowest BCUT2D eigenvalue weighted by molar-refractivity contribution is 0.229. The summed E-state index contributed by atoms with van der Waals surface area (Å²) in [5.74, 6) is 0. The van der Waals surface area contributed by atoms with Crippen molar-refractivity contribution >= 4 is 15.9 Å². The third-order valence-electron chi connectivity index (χ3n) is 3.73. The zero-order valence-electron chi connectivity index (χ0n) is 12.5. The average Bonchev–Trinajstić information content (AvgIpc) is 2.72. The molecule has 1 rings (SSSR count). The van der Waals surface area contributed by atoms with Crippen LogP contribution in [0.5, 0.6) is 0 Å². The number of alkyl halides is 1. The summed E-state index contributed by atoms with van der Waals surface area (Å²) in [5, 5.41) is 0.965. The molecular weight excluding hydrogens is 304 g/mol. The van der Waals surface area contributed by atoms with Gasteiger partial charge in [-0.1, -0.05) is 49.5 Å². The van der Waals surface area contributed by atoms with E-state index in [4.69, 9.17) is 0 Å². The van der Waals surface area contributed by atoms with Crippen molar-refractivity contribution in [2.75, 3.05) is 5.33 Å². The molecule has 0 aliphatic carbocycles. The number of aromatic nitrogens is 2. The molecule has 0 atom stereocenters. The molecule has 0 aromatic carbocycles. The molecule has 4 heteroatoms. The average molecular weight is 331 g/mol. The van der Waals surface area contributed by atoms with Crippen LogP contribution in [-0.4, -0.2) is 14.5 Å². The molecule has 0 N–H and O–H groups in total. The summed E-state index contributed by atoms with van der Waals surface area (Å²) < 4.78 is 3.71. The van der Waals surface area contributed by atoms with Gasteiger partial charge in [0.05, 0.1) is 0 Å². The fourth-order valence-corrected chi connectivity index (χ4v) is 3.60. The van der Waals surface area contributed by atoms with E-state index in [-0.39, 0.29) is 11.1 Å². The van der Waals surface area contributed by atoms with E-state index in [1.165, 1.54) is 0 Å². The van der Waals surface area contributed by atoms with E-state index in [1.54, 1.807) is 0 Å². The number of imidazole rings is 1. The molecule has 0 saturated carbocycles. The lowest BCUT2D eigenvalue weighted by atomic mass is 9.81. The maximum atomic E-state index is 12.3. The predicted molar refractivity (Wildman–Crippen MR) is 85.0 cm³/mol. The zero-order valence-corrected chi connectivity index (χ0v) is 14.1. The smallest absolute Gasteiger partial charge is 0.299 e. The second kappa shape index (κ2) is 7.93. The van der Waals surface area contributed by atoms with Gasteiger partial charge in [0.1, 0.15) is 0 Å². The van der Waals surface area contributed by atoms with Crippen LogP contribution in [0.15, 0.2) is 17.2 Å². The minimum Gasteiger partial charge on any atom is -0.299 e. The molecule has 0 saturated heterocycles. The molecule has 0 aliphatic heterocycles.